The lowest BCUT2D eigenvalue weighted by molar-refractivity contribution is -0.117. The van der Waals surface area contributed by atoms with Crippen molar-refractivity contribution < 1.29 is 18.0 Å². The molecule has 7 nitrogen and oxygen atoms in total. The van der Waals surface area contributed by atoms with Crippen LogP contribution in [0.4, 0.5) is 11.4 Å². The minimum Gasteiger partial charge on any atom is -0.326 e. The van der Waals surface area contributed by atoms with Gasteiger partial charge >= 0.3 is 0 Å². The number of sulfonamides is 1. The standard InChI is InChI=1S/C20H21N3O4S/c24-19-9-6-15-11-17(7-8-18(15)23-19)28(26,27)21-12-13-2-1-3-16(10-13)22-20(25)14-4-5-14/h1-3,7-8,10-11,14,21H,4-6,9,12H2,(H,22,25)(H,23,24). The first-order chi connectivity index (χ1) is 13.4. The molecule has 1 saturated carbocycles. The fraction of sp³-hybridized carbons (Fsp3) is 0.300. The average molecular weight is 399 g/mol. The van der Waals surface area contributed by atoms with E-state index in [0.29, 0.717) is 24.2 Å². The Kier molecular flexibility index (Phi) is 4.91. The van der Waals surface area contributed by atoms with Crippen molar-refractivity contribution in [2.75, 3.05) is 10.6 Å². The van der Waals surface area contributed by atoms with Crippen LogP contribution in [0.1, 0.15) is 30.4 Å². The van der Waals surface area contributed by atoms with E-state index >= 15 is 0 Å². The molecule has 0 spiro atoms. The van der Waals surface area contributed by atoms with E-state index in [1.165, 1.54) is 6.07 Å². The highest BCUT2D eigenvalue weighted by molar-refractivity contribution is 7.89. The molecule has 4 rings (SSSR count). The van der Waals surface area contributed by atoms with Gasteiger partial charge in [-0.3, -0.25) is 9.59 Å². The number of carbonyl (C=O) groups is 2. The van der Waals surface area contributed by atoms with Crippen molar-refractivity contribution in [1.29, 1.82) is 0 Å². The zero-order valence-electron chi connectivity index (χ0n) is 15.2. The maximum atomic E-state index is 12.6. The van der Waals surface area contributed by atoms with Crippen LogP contribution in [0, 0.1) is 5.92 Å². The van der Waals surface area contributed by atoms with Gasteiger partial charge in [0.15, 0.2) is 0 Å². The van der Waals surface area contributed by atoms with Gasteiger partial charge in [-0.25, -0.2) is 13.1 Å². The first-order valence-electron chi connectivity index (χ1n) is 9.23. The third-order valence-corrected chi connectivity index (χ3v) is 6.29. The molecule has 1 aliphatic heterocycles. The van der Waals surface area contributed by atoms with Crippen LogP contribution < -0.4 is 15.4 Å². The summed E-state index contributed by atoms with van der Waals surface area (Å²) in [6.45, 7) is 0.114. The number of aryl methyl sites for hydroxylation is 1. The SMILES string of the molecule is O=C1CCc2cc(S(=O)(=O)NCc3cccc(NC(=O)C4CC4)c3)ccc2N1. The number of carbonyl (C=O) groups excluding carboxylic acids is 2. The molecule has 28 heavy (non-hydrogen) atoms. The molecule has 2 amide bonds. The Bertz CT molecular complexity index is 1050. The molecule has 0 aromatic heterocycles. The highest BCUT2D eigenvalue weighted by Crippen LogP contribution is 2.30. The van der Waals surface area contributed by atoms with Crippen molar-refractivity contribution in [1.82, 2.24) is 4.72 Å². The number of benzene rings is 2. The van der Waals surface area contributed by atoms with E-state index in [4.69, 9.17) is 0 Å². The Morgan fingerprint density at radius 2 is 1.93 bits per heavy atom. The third kappa shape index (κ3) is 4.23. The molecule has 0 atom stereocenters. The van der Waals surface area contributed by atoms with Gasteiger partial charge in [-0.2, -0.15) is 0 Å². The summed E-state index contributed by atoms with van der Waals surface area (Å²) in [5, 5.41) is 5.60. The molecule has 1 aliphatic carbocycles. The summed E-state index contributed by atoms with van der Waals surface area (Å²) in [5.74, 6) is 0.0599. The summed E-state index contributed by atoms with van der Waals surface area (Å²) in [5.41, 5.74) is 2.89. The fourth-order valence-electron chi connectivity index (χ4n) is 3.14. The fourth-order valence-corrected chi connectivity index (χ4v) is 4.21. The van der Waals surface area contributed by atoms with Crippen LogP contribution in [0.3, 0.4) is 0 Å². The molecule has 0 radical (unpaired) electrons. The second-order valence-corrected chi connectivity index (χ2v) is 8.92. The monoisotopic (exact) mass is 399 g/mol. The molecule has 3 N–H and O–H groups in total. The lowest BCUT2D eigenvalue weighted by atomic mass is 10.0. The normalized spacial score (nSPS) is 16.2. The summed E-state index contributed by atoms with van der Waals surface area (Å²) < 4.78 is 27.9. The molecule has 0 unspecified atom stereocenters. The van der Waals surface area contributed by atoms with E-state index in [1.54, 1.807) is 36.4 Å². The van der Waals surface area contributed by atoms with Crippen molar-refractivity contribution in [3.05, 3.63) is 53.6 Å². The topological polar surface area (TPSA) is 104 Å². The van der Waals surface area contributed by atoms with Crippen LogP contribution in [0.25, 0.3) is 0 Å². The lowest BCUT2D eigenvalue weighted by Gasteiger charge is -2.17. The minimum absolute atomic E-state index is 0.0129. The maximum Gasteiger partial charge on any atom is 0.240 e. The molecular weight excluding hydrogens is 378 g/mol. The Labute approximate surface area is 163 Å². The van der Waals surface area contributed by atoms with E-state index in [1.807, 2.05) is 0 Å². The predicted molar refractivity (Wildman–Crippen MR) is 105 cm³/mol. The van der Waals surface area contributed by atoms with E-state index in [2.05, 4.69) is 15.4 Å². The molecular formula is C20H21N3O4S. The number of rotatable bonds is 6. The molecule has 2 aliphatic rings. The van der Waals surface area contributed by atoms with Gasteiger partial charge < -0.3 is 10.6 Å². The van der Waals surface area contributed by atoms with Crippen molar-refractivity contribution >= 4 is 33.2 Å². The second-order valence-electron chi connectivity index (χ2n) is 7.16. The number of fused-ring (bicyclic) bond motifs is 1. The quantitative estimate of drug-likeness (QED) is 0.694. The summed E-state index contributed by atoms with van der Waals surface area (Å²) in [6, 6.07) is 11.9. The van der Waals surface area contributed by atoms with Crippen LogP contribution in [-0.4, -0.2) is 20.2 Å². The Balaban J connectivity index is 1.44. The van der Waals surface area contributed by atoms with Crippen LogP contribution >= 0.6 is 0 Å². The van der Waals surface area contributed by atoms with Gasteiger partial charge in [-0.15, -0.1) is 0 Å². The number of anilines is 2. The number of amides is 2. The zero-order chi connectivity index (χ0) is 19.7. The minimum atomic E-state index is -3.69. The van der Waals surface area contributed by atoms with Crippen molar-refractivity contribution in [2.24, 2.45) is 5.92 Å². The maximum absolute atomic E-state index is 12.6. The van der Waals surface area contributed by atoms with Gasteiger partial charge in [-0.1, -0.05) is 12.1 Å². The Hall–Kier alpha value is -2.71. The van der Waals surface area contributed by atoms with Crippen LogP contribution in [-0.2, 0) is 32.6 Å². The van der Waals surface area contributed by atoms with E-state index in [0.717, 1.165) is 24.0 Å². The van der Waals surface area contributed by atoms with E-state index in [-0.39, 0.29) is 29.2 Å². The van der Waals surface area contributed by atoms with Gasteiger partial charge in [0, 0.05) is 30.3 Å². The average Bonchev–Trinajstić information content (AvgIpc) is 3.52. The number of nitrogens with one attached hydrogen (secondary N) is 3. The van der Waals surface area contributed by atoms with Gasteiger partial charge in [0.05, 0.1) is 4.90 Å². The van der Waals surface area contributed by atoms with Gasteiger partial charge in [-0.05, 0) is 60.7 Å². The van der Waals surface area contributed by atoms with Crippen LogP contribution in [0.5, 0.6) is 0 Å². The first kappa shape index (κ1) is 18.6. The molecule has 0 saturated heterocycles. The molecule has 8 heteroatoms. The highest BCUT2D eigenvalue weighted by atomic mass is 32.2. The van der Waals surface area contributed by atoms with Crippen molar-refractivity contribution in [3.63, 3.8) is 0 Å². The second kappa shape index (κ2) is 7.37. The van der Waals surface area contributed by atoms with E-state index in [9.17, 15) is 18.0 Å². The van der Waals surface area contributed by atoms with Gasteiger partial charge in [0.25, 0.3) is 0 Å². The molecule has 2 aromatic carbocycles. The van der Waals surface area contributed by atoms with Gasteiger partial charge in [0.2, 0.25) is 21.8 Å². The number of hydrogen-bond donors (Lipinski definition) is 3. The molecule has 1 fully saturated rings. The summed E-state index contributed by atoms with van der Waals surface area (Å²) >= 11 is 0. The molecule has 1 heterocycles. The Morgan fingerprint density at radius 1 is 1.11 bits per heavy atom. The van der Waals surface area contributed by atoms with Gasteiger partial charge in [0.1, 0.15) is 0 Å². The predicted octanol–water partition coefficient (Wildman–Crippen LogP) is 2.40. The lowest BCUT2D eigenvalue weighted by Crippen LogP contribution is -2.24. The Morgan fingerprint density at radius 3 is 2.71 bits per heavy atom. The summed E-state index contributed by atoms with van der Waals surface area (Å²) in [7, 11) is -3.69. The zero-order valence-corrected chi connectivity index (χ0v) is 16.0. The highest BCUT2D eigenvalue weighted by Gasteiger charge is 2.29. The molecule has 0 bridgehead atoms. The summed E-state index contributed by atoms with van der Waals surface area (Å²) in [6.07, 6.45) is 2.72. The van der Waals surface area contributed by atoms with Crippen LogP contribution in [0.2, 0.25) is 0 Å². The summed E-state index contributed by atoms with van der Waals surface area (Å²) in [4.78, 5) is 23.5. The van der Waals surface area contributed by atoms with Crippen LogP contribution in [0.15, 0.2) is 47.4 Å². The van der Waals surface area contributed by atoms with Crippen molar-refractivity contribution in [2.45, 2.75) is 37.1 Å². The number of hydrogen-bond acceptors (Lipinski definition) is 4. The first-order valence-corrected chi connectivity index (χ1v) is 10.7. The molecule has 2 aromatic rings. The third-order valence-electron chi connectivity index (χ3n) is 4.89. The van der Waals surface area contributed by atoms with E-state index < -0.39 is 10.0 Å². The largest absolute Gasteiger partial charge is 0.326 e. The van der Waals surface area contributed by atoms with Crippen molar-refractivity contribution in [3.8, 4) is 0 Å². The molecule has 146 valence electrons. The smallest absolute Gasteiger partial charge is 0.240 e.